The second-order valence-electron chi connectivity index (χ2n) is 11.4. The standard InChI is InChI=1S/C35H65NO4/c1-3-5-7-9-11-13-15-16-17-19-21-23-25-27-29-34(39)33(31-37)36-35(40)30-32(38)28-26-24-22-20-18-14-12-10-8-6-4-2/h19-22,27,29,32-34,37-39H,3-18,23-26,28,30-31H2,1-2H3,(H,36,40)/b21-19+,22-20-,29-27+. The van der Waals surface area contributed by atoms with Crippen molar-refractivity contribution in [3.63, 3.8) is 0 Å². The predicted octanol–water partition coefficient (Wildman–Crippen LogP) is 8.48. The fraction of sp³-hybridized carbons (Fsp3) is 0.800. The molecule has 5 heteroatoms. The molecule has 3 unspecified atom stereocenters. The smallest absolute Gasteiger partial charge is 0.222 e. The zero-order chi connectivity index (χ0) is 29.5. The summed E-state index contributed by atoms with van der Waals surface area (Å²) in [4.78, 5) is 12.3. The lowest BCUT2D eigenvalue weighted by Gasteiger charge is -2.20. The molecule has 0 bridgehead atoms. The summed E-state index contributed by atoms with van der Waals surface area (Å²) in [5, 5.41) is 32.8. The van der Waals surface area contributed by atoms with Crippen LogP contribution in [0.1, 0.15) is 155 Å². The Hall–Kier alpha value is -1.43. The van der Waals surface area contributed by atoms with Crippen molar-refractivity contribution in [2.24, 2.45) is 0 Å². The van der Waals surface area contributed by atoms with E-state index in [1.807, 2.05) is 6.08 Å². The Morgan fingerprint density at radius 1 is 0.625 bits per heavy atom. The molecule has 0 spiro atoms. The first kappa shape index (κ1) is 38.6. The van der Waals surface area contributed by atoms with Gasteiger partial charge in [0.25, 0.3) is 0 Å². The van der Waals surface area contributed by atoms with Gasteiger partial charge in [-0.2, -0.15) is 0 Å². The Balaban J connectivity index is 3.88. The summed E-state index contributed by atoms with van der Waals surface area (Å²) in [5.74, 6) is -0.346. The van der Waals surface area contributed by atoms with Crippen molar-refractivity contribution < 1.29 is 20.1 Å². The first-order valence-electron chi connectivity index (χ1n) is 16.8. The lowest BCUT2D eigenvalue weighted by atomic mass is 10.1. The highest BCUT2D eigenvalue weighted by Crippen LogP contribution is 2.11. The van der Waals surface area contributed by atoms with Crippen molar-refractivity contribution in [3.8, 4) is 0 Å². The number of nitrogens with one attached hydrogen (secondary N) is 1. The average Bonchev–Trinajstić information content (AvgIpc) is 2.94. The van der Waals surface area contributed by atoms with Crippen LogP contribution in [0.5, 0.6) is 0 Å². The van der Waals surface area contributed by atoms with Gasteiger partial charge in [-0.05, 0) is 57.8 Å². The number of aliphatic hydroxyl groups excluding tert-OH is 3. The van der Waals surface area contributed by atoms with E-state index in [-0.39, 0.29) is 18.9 Å². The highest BCUT2D eigenvalue weighted by atomic mass is 16.3. The van der Waals surface area contributed by atoms with Crippen LogP contribution in [0.15, 0.2) is 36.5 Å². The molecule has 0 rings (SSSR count). The van der Waals surface area contributed by atoms with Crippen molar-refractivity contribution in [3.05, 3.63) is 36.5 Å². The third-order valence-corrected chi connectivity index (χ3v) is 7.40. The molecule has 0 saturated heterocycles. The quantitative estimate of drug-likeness (QED) is 0.0543. The molecule has 0 aliphatic rings. The van der Waals surface area contributed by atoms with Gasteiger partial charge in [-0.1, -0.05) is 127 Å². The molecule has 0 aliphatic carbocycles. The fourth-order valence-corrected chi connectivity index (χ4v) is 4.76. The number of carbonyl (C=O) groups is 1. The summed E-state index contributed by atoms with van der Waals surface area (Å²) in [6, 6.07) is -0.765. The Morgan fingerprint density at radius 3 is 1.60 bits per heavy atom. The molecule has 234 valence electrons. The zero-order valence-electron chi connectivity index (χ0n) is 26.2. The van der Waals surface area contributed by atoms with E-state index >= 15 is 0 Å². The van der Waals surface area contributed by atoms with E-state index < -0.39 is 18.2 Å². The monoisotopic (exact) mass is 563 g/mol. The highest BCUT2D eigenvalue weighted by molar-refractivity contribution is 5.76. The van der Waals surface area contributed by atoms with Gasteiger partial charge < -0.3 is 20.6 Å². The Labute approximate surface area is 247 Å². The lowest BCUT2D eigenvalue weighted by Crippen LogP contribution is -2.45. The van der Waals surface area contributed by atoms with Gasteiger partial charge in [-0.3, -0.25) is 4.79 Å². The van der Waals surface area contributed by atoms with E-state index in [2.05, 4.69) is 43.5 Å². The molecule has 0 saturated carbocycles. The molecular formula is C35H65NO4. The first-order valence-corrected chi connectivity index (χ1v) is 16.8. The van der Waals surface area contributed by atoms with E-state index in [4.69, 9.17) is 0 Å². The van der Waals surface area contributed by atoms with E-state index in [1.165, 1.54) is 89.9 Å². The van der Waals surface area contributed by atoms with Gasteiger partial charge in [0.2, 0.25) is 5.91 Å². The number of amides is 1. The summed E-state index contributed by atoms with van der Waals surface area (Å²) in [5.41, 5.74) is 0. The molecule has 4 N–H and O–H groups in total. The minimum Gasteiger partial charge on any atom is -0.394 e. The van der Waals surface area contributed by atoms with Gasteiger partial charge in [-0.25, -0.2) is 0 Å². The van der Waals surface area contributed by atoms with Crippen LogP contribution in [0.2, 0.25) is 0 Å². The molecule has 0 aromatic heterocycles. The maximum atomic E-state index is 12.3. The van der Waals surface area contributed by atoms with Crippen LogP contribution in [0, 0.1) is 0 Å². The summed E-state index contributed by atoms with van der Waals surface area (Å²) in [6.07, 6.45) is 35.5. The number of unbranched alkanes of at least 4 members (excludes halogenated alkanes) is 16. The fourth-order valence-electron chi connectivity index (χ4n) is 4.76. The molecule has 3 atom stereocenters. The van der Waals surface area contributed by atoms with Gasteiger partial charge in [-0.15, -0.1) is 0 Å². The lowest BCUT2D eigenvalue weighted by molar-refractivity contribution is -0.124. The van der Waals surface area contributed by atoms with Crippen LogP contribution in [-0.2, 0) is 4.79 Å². The van der Waals surface area contributed by atoms with Crippen LogP contribution in [-0.4, -0.2) is 46.1 Å². The number of aliphatic hydroxyl groups is 3. The van der Waals surface area contributed by atoms with E-state index in [9.17, 15) is 20.1 Å². The number of hydrogen-bond acceptors (Lipinski definition) is 4. The second-order valence-corrected chi connectivity index (χ2v) is 11.4. The second kappa shape index (κ2) is 30.5. The molecule has 0 aromatic rings. The first-order chi connectivity index (χ1) is 19.5. The molecule has 0 fully saturated rings. The maximum absolute atomic E-state index is 12.3. The van der Waals surface area contributed by atoms with Crippen molar-refractivity contribution >= 4 is 5.91 Å². The topological polar surface area (TPSA) is 89.8 Å². The summed E-state index contributed by atoms with van der Waals surface area (Å²) < 4.78 is 0. The predicted molar refractivity (Wildman–Crippen MR) is 171 cm³/mol. The van der Waals surface area contributed by atoms with Gasteiger partial charge in [0.05, 0.1) is 31.3 Å². The van der Waals surface area contributed by atoms with Gasteiger partial charge in [0, 0.05) is 0 Å². The minimum atomic E-state index is -0.954. The van der Waals surface area contributed by atoms with Crippen molar-refractivity contribution in [2.45, 2.75) is 173 Å². The van der Waals surface area contributed by atoms with Crippen molar-refractivity contribution in [2.75, 3.05) is 6.61 Å². The normalized spacial score (nSPS) is 14.4. The molecular weight excluding hydrogens is 498 g/mol. The molecule has 1 amide bonds. The Morgan fingerprint density at radius 2 is 1.07 bits per heavy atom. The number of rotatable bonds is 29. The van der Waals surface area contributed by atoms with Crippen molar-refractivity contribution in [1.29, 1.82) is 0 Å². The van der Waals surface area contributed by atoms with Crippen LogP contribution in [0.4, 0.5) is 0 Å². The molecule has 0 aliphatic heterocycles. The van der Waals surface area contributed by atoms with E-state index in [0.29, 0.717) is 6.42 Å². The summed E-state index contributed by atoms with van der Waals surface area (Å²) in [7, 11) is 0. The molecule has 40 heavy (non-hydrogen) atoms. The SMILES string of the molecule is CCCCCCCC/C=C\CCCC(O)CC(=O)NC(CO)C(O)/C=C/CC/C=C/CCCCCCCCCC. The van der Waals surface area contributed by atoms with Crippen molar-refractivity contribution in [1.82, 2.24) is 5.32 Å². The van der Waals surface area contributed by atoms with E-state index in [0.717, 1.165) is 38.5 Å². The molecule has 0 radical (unpaired) electrons. The Bertz CT molecular complexity index is 631. The third-order valence-electron chi connectivity index (χ3n) is 7.40. The molecule has 0 heterocycles. The van der Waals surface area contributed by atoms with Gasteiger partial charge in [0.1, 0.15) is 0 Å². The average molecular weight is 564 g/mol. The van der Waals surface area contributed by atoms with Crippen LogP contribution in [0.3, 0.4) is 0 Å². The van der Waals surface area contributed by atoms with Crippen LogP contribution < -0.4 is 5.32 Å². The minimum absolute atomic E-state index is 0.0158. The van der Waals surface area contributed by atoms with E-state index in [1.54, 1.807) is 6.08 Å². The van der Waals surface area contributed by atoms with Gasteiger partial charge in [0.15, 0.2) is 0 Å². The zero-order valence-corrected chi connectivity index (χ0v) is 26.2. The number of hydrogen-bond donors (Lipinski definition) is 4. The largest absolute Gasteiger partial charge is 0.394 e. The maximum Gasteiger partial charge on any atom is 0.222 e. The molecule has 0 aromatic carbocycles. The van der Waals surface area contributed by atoms with Crippen LogP contribution in [0.25, 0.3) is 0 Å². The van der Waals surface area contributed by atoms with Crippen LogP contribution >= 0.6 is 0 Å². The van der Waals surface area contributed by atoms with Gasteiger partial charge >= 0.3 is 0 Å². The molecule has 5 nitrogen and oxygen atoms in total. The third kappa shape index (κ3) is 26.8. The number of allylic oxidation sites excluding steroid dienone is 5. The summed E-state index contributed by atoms with van der Waals surface area (Å²) >= 11 is 0. The number of carbonyl (C=O) groups excluding carboxylic acids is 1. The highest BCUT2D eigenvalue weighted by Gasteiger charge is 2.19. The summed E-state index contributed by atoms with van der Waals surface area (Å²) in [6.45, 7) is 4.14. The Kier molecular flexibility index (Phi) is 29.4.